The van der Waals surface area contributed by atoms with E-state index in [1.807, 2.05) is 0 Å². The molecule has 0 fully saturated rings. The van der Waals surface area contributed by atoms with E-state index in [1.54, 1.807) is 0 Å². The van der Waals surface area contributed by atoms with Crippen LogP contribution in [-0.4, -0.2) is 31.5 Å². The Hall–Kier alpha value is -2.27. The minimum Gasteiger partial charge on any atom is -0.301 e. The van der Waals surface area contributed by atoms with Gasteiger partial charge >= 0.3 is 5.00 Å². The van der Waals surface area contributed by atoms with Crippen molar-refractivity contribution in [1.82, 2.24) is 15.0 Å². The zero-order chi connectivity index (χ0) is 14.5. The summed E-state index contributed by atoms with van der Waals surface area (Å²) in [6.45, 7) is 0. The van der Waals surface area contributed by atoms with Gasteiger partial charge in [-0.1, -0.05) is 11.8 Å². The Kier molecular flexibility index (Phi) is 4.42. The van der Waals surface area contributed by atoms with E-state index in [4.69, 9.17) is 0 Å². The van der Waals surface area contributed by atoms with E-state index in [1.165, 1.54) is 12.3 Å². The molecule has 0 unspecified atom stereocenters. The highest BCUT2D eigenvalue weighted by Gasteiger charge is 2.13. The molecular formula is C9H7N5O4S2. The van der Waals surface area contributed by atoms with Crippen molar-refractivity contribution in [2.75, 3.05) is 11.1 Å². The van der Waals surface area contributed by atoms with E-state index in [2.05, 4.69) is 20.3 Å². The van der Waals surface area contributed by atoms with Crippen LogP contribution >= 0.6 is 23.1 Å². The highest BCUT2D eigenvalue weighted by Crippen LogP contribution is 2.25. The lowest BCUT2D eigenvalue weighted by Gasteiger charge is -2.00. The van der Waals surface area contributed by atoms with Crippen molar-refractivity contribution in [3.05, 3.63) is 38.9 Å². The van der Waals surface area contributed by atoms with E-state index < -0.39 is 10.8 Å². The number of thioether (sulfide) groups is 1. The van der Waals surface area contributed by atoms with E-state index >= 15 is 0 Å². The normalized spacial score (nSPS) is 10.2. The standard InChI is InChI=1S/C9H7N5O4S2/c15-5-1-2-10-8(12-5)19-4-6(16)13-9-11-3-7(20-9)14(17)18/h1-3H,4H2,(H,10,12,15)(H,11,13,16). The quantitative estimate of drug-likeness (QED) is 0.362. The van der Waals surface area contributed by atoms with E-state index in [-0.39, 0.29) is 21.4 Å². The summed E-state index contributed by atoms with van der Waals surface area (Å²) >= 11 is 1.81. The minimum atomic E-state index is -0.583. The molecular weight excluding hydrogens is 306 g/mol. The number of nitro groups is 1. The van der Waals surface area contributed by atoms with Crippen LogP contribution in [0.15, 0.2) is 28.4 Å². The van der Waals surface area contributed by atoms with Gasteiger partial charge in [0, 0.05) is 12.3 Å². The fourth-order valence-corrected chi connectivity index (χ4v) is 2.42. The fourth-order valence-electron chi connectivity index (χ4n) is 1.12. The van der Waals surface area contributed by atoms with Crippen molar-refractivity contribution in [3.63, 3.8) is 0 Å². The van der Waals surface area contributed by atoms with Crippen LogP contribution in [0.4, 0.5) is 10.1 Å². The summed E-state index contributed by atoms with van der Waals surface area (Å²) in [6.07, 6.45) is 2.41. The van der Waals surface area contributed by atoms with Crippen LogP contribution in [0.25, 0.3) is 0 Å². The molecule has 0 aliphatic rings. The number of hydrogen-bond acceptors (Lipinski definition) is 8. The molecule has 0 bridgehead atoms. The van der Waals surface area contributed by atoms with Gasteiger partial charge in [0.1, 0.15) is 6.20 Å². The maximum Gasteiger partial charge on any atom is 0.345 e. The molecule has 1 amide bonds. The molecule has 2 rings (SSSR count). The summed E-state index contributed by atoms with van der Waals surface area (Å²) < 4.78 is 0. The van der Waals surface area contributed by atoms with Crippen LogP contribution in [0.5, 0.6) is 0 Å². The van der Waals surface area contributed by atoms with Crippen LogP contribution in [0.2, 0.25) is 0 Å². The molecule has 11 heteroatoms. The lowest BCUT2D eigenvalue weighted by molar-refractivity contribution is -0.380. The van der Waals surface area contributed by atoms with Gasteiger partial charge in [-0.05, 0) is 11.3 Å². The summed E-state index contributed by atoms with van der Waals surface area (Å²) in [5, 5.41) is 13.2. The van der Waals surface area contributed by atoms with Crippen molar-refractivity contribution in [3.8, 4) is 0 Å². The van der Waals surface area contributed by atoms with Gasteiger partial charge in [0.05, 0.1) is 10.7 Å². The zero-order valence-electron chi connectivity index (χ0n) is 9.73. The number of thiazole rings is 1. The third-order valence-electron chi connectivity index (χ3n) is 1.91. The van der Waals surface area contributed by atoms with Crippen molar-refractivity contribution in [2.45, 2.75) is 5.16 Å². The van der Waals surface area contributed by atoms with E-state index in [9.17, 15) is 19.7 Å². The first-order chi connectivity index (χ1) is 9.54. The van der Waals surface area contributed by atoms with Gasteiger partial charge in [0.2, 0.25) is 5.91 Å². The number of rotatable bonds is 5. The summed E-state index contributed by atoms with van der Waals surface area (Å²) in [5.74, 6) is -0.397. The second-order valence-corrected chi connectivity index (χ2v) is 5.31. The first-order valence-electron chi connectivity index (χ1n) is 5.13. The number of H-pyrrole nitrogens is 1. The Labute approximate surface area is 119 Å². The Morgan fingerprint density at radius 1 is 1.55 bits per heavy atom. The summed E-state index contributed by atoms with van der Waals surface area (Å²) in [7, 11) is 0. The number of hydrogen-bond donors (Lipinski definition) is 2. The Morgan fingerprint density at radius 3 is 3.00 bits per heavy atom. The van der Waals surface area contributed by atoms with Crippen molar-refractivity contribution >= 4 is 39.1 Å². The van der Waals surface area contributed by atoms with Gasteiger partial charge < -0.3 is 10.3 Å². The molecule has 9 nitrogen and oxygen atoms in total. The Morgan fingerprint density at radius 2 is 2.35 bits per heavy atom. The molecule has 0 aliphatic heterocycles. The molecule has 2 aromatic rings. The number of nitrogens with zero attached hydrogens (tertiary/aromatic N) is 3. The molecule has 20 heavy (non-hydrogen) atoms. The molecule has 2 heterocycles. The summed E-state index contributed by atoms with van der Waals surface area (Å²) in [4.78, 5) is 42.5. The van der Waals surface area contributed by atoms with Crippen LogP contribution in [-0.2, 0) is 4.79 Å². The molecule has 0 saturated carbocycles. The number of amides is 1. The summed E-state index contributed by atoms with van der Waals surface area (Å²) in [6, 6.07) is 1.26. The van der Waals surface area contributed by atoms with Crippen molar-refractivity contribution < 1.29 is 9.72 Å². The third-order valence-corrected chi connectivity index (χ3v) is 3.66. The molecule has 0 radical (unpaired) electrons. The number of aromatic nitrogens is 3. The zero-order valence-corrected chi connectivity index (χ0v) is 11.4. The largest absolute Gasteiger partial charge is 0.345 e. The van der Waals surface area contributed by atoms with Gasteiger partial charge in [-0.2, -0.15) is 0 Å². The highest BCUT2D eigenvalue weighted by atomic mass is 32.2. The van der Waals surface area contributed by atoms with Gasteiger partial charge in [-0.25, -0.2) is 9.97 Å². The van der Waals surface area contributed by atoms with E-state index in [0.717, 1.165) is 29.3 Å². The van der Waals surface area contributed by atoms with Crippen LogP contribution < -0.4 is 10.9 Å². The number of carbonyl (C=O) groups excluding carboxylic acids is 1. The van der Waals surface area contributed by atoms with Crippen LogP contribution in [0.1, 0.15) is 0 Å². The molecule has 0 saturated heterocycles. The first kappa shape index (κ1) is 14.1. The van der Waals surface area contributed by atoms with Crippen LogP contribution in [0.3, 0.4) is 0 Å². The van der Waals surface area contributed by atoms with Crippen LogP contribution in [0, 0.1) is 10.1 Å². The average Bonchev–Trinajstić information content (AvgIpc) is 2.85. The molecule has 0 atom stereocenters. The second kappa shape index (κ2) is 6.25. The number of aromatic amines is 1. The Bertz CT molecular complexity index is 697. The maximum absolute atomic E-state index is 11.6. The third kappa shape index (κ3) is 3.86. The first-order valence-corrected chi connectivity index (χ1v) is 6.93. The Balaban J connectivity index is 1.89. The van der Waals surface area contributed by atoms with Crippen molar-refractivity contribution in [1.29, 1.82) is 0 Å². The molecule has 104 valence electrons. The topological polar surface area (TPSA) is 131 Å². The van der Waals surface area contributed by atoms with Gasteiger partial charge in [0.25, 0.3) is 5.56 Å². The lowest BCUT2D eigenvalue weighted by Crippen LogP contribution is -2.14. The number of carbonyl (C=O) groups is 1. The average molecular weight is 313 g/mol. The smallest absolute Gasteiger partial charge is 0.301 e. The van der Waals surface area contributed by atoms with E-state index in [0.29, 0.717) is 5.16 Å². The van der Waals surface area contributed by atoms with Crippen molar-refractivity contribution in [2.24, 2.45) is 0 Å². The monoisotopic (exact) mass is 313 g/mol. The van der Waals surface area contributed by atoms with Gasteiger partial charge in [0.15, 0.2) is 10.3 Å². The number of anilines is 1. The van der Waals surface area contributed by atoms with Gasteiger partial charge in [-0.3, -0.25) is 19.7 Å². The SMILES string of the molecule is O=C(CSc1nccc(=O)[nH]1)Nc1ncc([N+](=O)[O-])s1. The molecule has 2 aromatic heterocycles. The fraction of sp³-hybridized carbons (Fsp3) is 0.111. The molecule has 0 spiro atoms. The summed E-state index contributed by atoms with van der Waals surface area (Å²) in [5.41, 5.74) is -0.307. The second-order valence-electron chi connectivity index (χ2n) is 3.34. The molecule has 0 aliphatic carbocycles. The maximum atomic E-state index is 11.6. The number of nitrogens with one attached hydrogen (secondary N) is 2. The predicted molar refractivity (Wildman–Crippen MR) is 73.0 cm³/mol. The predicted octanol–water partition coefficient (Wildman–Crippen LogP) is 0.865. The minimum absolute atomic E-state index is 0.000328. The lowest BCUT2D eigenvalue weighted by atomic mass is 10.7. The van der Waals surface area contributed by atoms with Gasteiger partial charge in [-0.15, -0.1) is 0 Å². The molecule has 2 N–H and O–H groups in total. The molecule has 0 aromatic carbocycles. The highest BCUT2D eigenvalue weighted by molar-refractivity contribution is 7.99.